The number of hydrogen-bond donors (Lipinski definition) is 0. The summed E-state index contributed by atoms with van der Waals surface area (Å²) < 4.78 is 0. The average molecular weight is 141 g/mol. The summed E-state index contributed by atoms with van der Waals surface area (Å²) in [6.07, 6.45) is 1.14. The van der Waals surface area contributed by atoms with Crippen molar-refractivity contribution in [2.45, 2.75) is 27.2 Å². The van der Waals surface area contributed by atoms with Crippen molar-refractivity contribution in [2.75, 3.05) is 14.1 Å². The van der Waals surface area contributed by atoms with Crippen LogP contribution in [0.2, 0.25) is 0 Å². The van der Waals surface area contributed by atoms with Crippen molar-refractivity contribution in [3.05, 3.63) is 12.3 Å². The van der Waals surface area contributed by atoms with Crippen LogP contribution in [-0.4, -0.2) is 19.0 Å². The molecule has 0 bridgehead atoms. The first-order chi connectivity index (χ1) is 4.41. The molecule has 10 heavy (non-hydrogen) atoms. The molecule has 0 rings (SSSR count). The van der Waals surface area contributed by atoms with E-state index in [9.17, 15) is 0 Å². The van der Waals surface area contributed by atoms with E-state index in [0.29, 0.717) is 0 Å². The van der Waals surface area contributed by atoms with Crippen molar-refractivity contribution in [3.8, 4) is 0 Å². The van der Waals surface area contributed by atoms with Gasteiger partial charge < -0.3 is 4.90 Å². The van der Waals surface area contributed by atoms with E-state index in [4.69, 9.17) is 0 Å². The van der Waals surface area contributed by atoms with Gasteiger partial charge in [-0.3, -0.25) is 0 Å². The van der Waals surface area contributed by atoms with Crippen LogP contribution >= 0.6 is 0 Å². The summed E-state index contributed by atoms with van der Waals surface area (Å²) in [6.45, 7) is 10.6. The SMILES string of the molecule is C=C(N(C)C)C(C)(C)CC. The van der Waals surface area contributed by atoms with E-state index in [2.05, 4.69) is 32.3 Å². The van der Waals surface area contributed by atoms with Crippen LogP contribution in [0.15, 0.2) is 12.3 Å². The lowest BCUT2D eigenvalue weighted by molar-refractivity contribution is 0.319. The maximum Gasteiger partial charge on any atom is 0.0112 e. The van der Waals surface area contributed by atoms with Gasteiger partial charge in [0.2, 0.25) is 0 Å². The lowest BCUT2D eigenvalue weighted by Crippen LogP contribution is -2.24. The van der Waals surface area contributed by atoms with Gasteiger partial charge in [-0.1, -0.05) is 27.4 Å². The fourth-order valence-electron chi connectivity index (χ4n) is 0.809. The first kappa shape index (κ1) is 9.54. The van der Waals surface area contributed by atoms with Gasteiger partial charge in [-0.2, -0.15) is 0 Å². The Labute approximate surface area is 64.7 Å². The summed E-state index contributed by atoms with van der Waals surface area (Å²) in [5, 5.41) is 0. The minimum Gasteiger partial charge on any atom is -0.381 e. The maximum absolute atomic E-state index is 4.02. The van der Waals surface area contributed by atoms with E-state index in [0.717, 1.165) is 6.42 Å². The molecule has 0 aromatic heterocycles. The third-order valence-corrected chi connectivity index (χ3v) is 2.20. The van der Waals surface area contributed by atoms with E-state index < -0.39 is 0 Å². The van der Waals surface area contributed by atoms with E-state index in [1.807, 2.05) is 14.1 Å². The largest absolute Gasteiger partial charge is 0.381 e. The fourth-order valence-corrected chi connectivity index (χ4v) is 0.809. The quantitative estimate of drug-likeness (QED) is 0.583. The second-order valence-corrected chi connectivity index (χ2v) is 3.58. The molecule has 0 aliphatic heterocycles. The van der Waals surface area contributed by atoms with Crippen LogP contribution < -0.4 is 0 Å². The Hall–Kier alpha value is -0.460. The molecule has 0 aromatic rings. The Bertz CT molecular complexity index is 123. The molecule has 0 unspecified atom stereocenters. The summed E-state index contributed by atoms with van der Waals surface area (Å²) in [5.74, 6) is 0. The minimum atomic E-state index is 0.253. The standard InChI is InChI=1S/C9H19N/c1-7-9(3,4)8(2)10(5)6/h2,7H2,1,3-6H3. The topological polar surface area (TPSA) is 3.24 Å². The number of allylic oxidation sites excluding steroid dienone is 1. The maximum atomic E-state index is 4.02. The van der Waals surface area contributed by atoms with Gasteiger partial charge in [-0.15, -0.1) is 0 Å². The summed E-state index contributed by atoms with van der Waals surface area (Å²) >= 11 is 0. The normalized spacial score (nSPS) is 11.3. The molecule has 0 saturated heterocycles. The highest BCUT2D eigenvalue weighted by molar-refractivity contribution is 5.03. The van der Waals surface area contributed by atoms with Crippen LogP contribution in [-0.2, 0) is 0 Å². The average Bonchev–Trinajstić information content (AvgIpc) is 1.86. The van der Waals surface area contributed by atoms with Crippen LogP contribution in [0.1, 0.15) is 27.2 Å². The van der Waals surface area contributed by atoms with E-state index in [1.165, 1.54) is 5.70 Å². The van der Waals surface area contributed by atoms with Gasteiger partial charge in [0.05, 0.1) is 0 Å². The van der Waals surface area contributed by atoms with Crippen molar-refractivity contribution in [2.24, 2.45) is 5.41 Å². The third-order valence-electron chi connectivity index (χ3n) is 2.20. The van der Waals surface area contributed by atoms with Crippen molar-refractivity contribution in [3.63, 3.8) is 0 Å². The van der Waals surface area contributed by atoms with Gasteiger partial charge in [-0.25, -0.2) is 0 Å². The van der Waals surface area contributed by atoms with Crippen molar-refractivity contribution < 1.29 is 0 Å². The molecule has 0 N–H and O–H groups in total. The molecule has 0 radical (unpaired) electrons. The van der Waals surface area contributed by atoms with Crippen LogP contribution in [0, 0.1) is 5.41 Å². The number of nitrogens with zero attached hydrogens (tertiary/aromatic N) is 1. The molecular weight excluding hydrogens is 122 g/mol. The second-order valence-electron chi connectivity index (χ2n) is 3.58. The Morgan fingerprint density at radius 1 is 1.40 bits per heavy atom. The third kappa shape index (κ3) is 2.05. The van der Waals surface area contributed by atoms with Crippen molar-refractivity contribution >= 4 is 0 Å². The van der Waals surface area contributed by atoms with Crippen molar-refractivity contribution in [1.82, 2.24) is 4.90 Å². The molecule has 0 aliphatic carbocycles. The summed E-state index contributed by atoms with van der Waals surface area (Å²) in [5.41, 5.74) is 1.46. The molecule has 60 valence electrons. The van der Waals surface area contributed by atoms with E-state index >= 15 is 0 Å². The lowest BCUT2D eigenvalue weighted by atomic mass is 9.86. The van der Waals surface area contributed by atoms with Crippen LogP contribution in [0.25, 0.3) is 0 Å². The van der Waals surface area contributed by atoms with Gasteiger partial charge in [0.15, 0.2) is 0 Å². The number of rotatable bonds is 3. The highest BCUT2D eigenvalue weighted by Crippen LogP contribution is 2.29. The summed E-state index contributed by atoms with van der Waals surface area (Å²) in [7, 11) is 4.08. The van der Waals surface area contributed by atoms with Gasteiger partial charge in [0, 0.05) is 25.2 Å². The van der Waals surface area contributed by atoms with Crippen LogP contribution in [0.5, 0.6) is 0 Å². The fraction of sp³-hybridized carbons (Fsp3) is 0.778. The Kier molecular flexibility index (Phi) is 2.95. The Balaban J connectivity index is 4.19. The highest BCUT2D eigenvalue weighted by Gasteiger charge is 2.19. The highest BCUT2D eigenvalue weighted by atomic mass is 15.1. The Morgan fingerprint density at radius 3 is 1.90 bits per heavy atom. The smallest absolute Gasteiger partial charge is 0.0112 e. The lowest BCUT2D eigenvalue weighted by Gasteiger charge is -2.30. The van der Waals surface area contributed by atoms with Gasteiger partial charge >= 0.3 is 0 Å². The van der Waals surface area contributed by atoms with E-state index in [-0.39, 0.29) is 5.41 Å². The molecule has 0 aromatic carbocycles. The van der Waals surface area contributed by atoms with Crippen molar-refractivity contribution in [1.29, 1.82) is 0 Å². The van der Waals surface area contributed by atoms with Gasteiger partial charge in [-0.05, 0) is 6.42 Å². The predicted octanol–water partition coefficient (Wildman–Crippen LogP) is 2.50. The molecular formula is C9H19N. The molecule has 0 heterocycles. The molecule has 0 amide bonds. The molecule has 1 nitrogen and oxygen atoms in total. The zero-order valence-electron chi connectivity index (χ0n) is 7.86. The molecule has 0 fully saturated rings. The van der Waals surface area contributed by atoms with Crippen LogP contribution in [0.3, 0.4) is 0 Å². The van der Waals surface area contributed by atoms with Gasteiger partial charge in [0.25, 0.3) is 0 Å². The molecule has 1 heteroatoms. The molecule has 0 aliphatic rings. The zero-order chi connectivity index (χ0) is 8.36. The minimum absolute atomic E-state index is 0.253. The first-order valence-corrected chi connectivity index (χ1v) is 3.78. The van der Waals surface area contributed by atoms with E-state index in [1.54, 1.807) is 0 Å². The number of hydrogen-bond acceptors (Lipinski definition) is 1. The Morgan fingerprint density at radius 2 is 1.80 bits per heavy atom. The molecule has 0 saturated carbocycles. The monoisotopic (exact) mass is 141 g/mol. The first-order valence-electron chi connectivity index (χ1n) is 3.78. The second kappa shape index (κ2) is 3.09. The summed E-state index contributed by atoms with van der Waals surface area (Å²) in [6, 6.07) is 0. The molecule has 0 atom stereocenters. The molecule has 0 spiro atoms. The van der Waals surface area contributed by atoms with Gasteiger partial charge in [0.1, 0.15) is 0 Å². The predicted molar refractivity (Wildman–Crippen MR) is 46.9 cm³/mol. The zero-order valence-corrected chi connectivity index (χ0v) is 7.86. The summed E-state index contributed by atoms with van der Waals surface area (Å²) in [4.78, 5) is 2.09. The van der Waals surface area contributed by atoms with Crippen LogP contribution in [0.4, 0.5) is 0 Å².